The Hall–Kier alpha value is -2.88. The van der Waals surface area contributed by atoms with Gasteiger partial charge in [0.2, 0.25) is 5.91 Å². The number of anilines is 1. The number of aliphatic carboxylic acids is 1. The zero-order chi connectivity index (χ0) is 22.3. The topological polar surface area (TPSA) is 98.7 Å². The van der Waals surface area contributed by atoms with Crippen molar-refractivity contribution in [1.29, 1.82) is 0 Å². The number of nitrogens with one attached hydrogen (secondary N) is 2. The van der Waals surface area contributed by atoms with Crippen LogP contribution < -0.4 is 15.5 Å². The van der Waals surface area contributed by atoms with Crippen LogP contribution >= 0.6 is 0 Å². The zero-order valence-corrected chi connectivity index (χ0v) is 16.4. The third-order valence-corrected chi connectivity index (χ3v) is 4.77. The summed E-state index contributed by atoms with van der Waals surface area (Å²) in [5, 5.41) is 13.2. The summed E-state index contributed by atoms with van der Waals surface area (Å²) in [5.41, 5.74) is 2.21. The molecule has 1 fully saturated rings. The molecule has 0 spiro atoms. The average molecular weight is 427 g/mol. The number of alkyl halides is 3. The normalized spacial score (nSPS) is 18.7. The van der Waals surface area contributed by atoms with Gasteiger partial charge in [-0.15, -0.1) is 0 Å². The van der Waals surface area contributed by atoms with Gasteiger partial charge in [0.05, 0.1) is 6.04 Å². The van der Waals surface area contributed by atoms with Crippen LogP contribution in [-0.4, -0.2) is 54.2 Å². The van der Waals surface area contributed by atoms with Crippen molar-refractivity contribution in [2.75, 3.05) is 18.0 Å². The number of rotatable bonds is 5. The third kappa shape index (κ3) is 6.31. The number of para-hydroxylation sites is 1. The molecule has 7 nitrogen and oxygen atoms in total. The smallest absolute Gasteiger partial charge is 0.475 e. The quantitative estimate of drug-likeness (QED) is 0.625. The first-order valence-corrected chi connectivity index (χ1v) is 9.55. The number of amides is 2. The van der Waals surface area contributed by atoms with E-state index in [1.54, 1.807) is 17.1 Å². The molecule has 1 aromatic rings. The predicted octanol–water partition coefficient (Wildman–Crippen LogP) is 2.02. The maximum Gasteiger partial charge on any atom is 0.490 e. The Labute approximate surface area is 171 Å². The number of benzene rings is 1. The van der Waals surface area contributed by atoms with Crippen molar-refractivity contribution < 1.29 is 32.7 Å². The number of nitrogens with zero attached hydrogens (tertiary/aromatic N) is 1. The van der Waals surface area contributed by atoms with Crippen molar-refractivity contribution in [2.45, 2.75) is 44.4 Å². The minimum atomic E-state index is -5.08. The molecule has 10 heteroatoms. The van der Waals surface area contributed by atoms with Crippen molar-refractivity contribution in [1.82, 2.24) is 10.6 Å². The first-order valence-electron chi connectivity index (χ1n) is 9.55. The zero-order valence-electron chi connectivity index (χ0n) is 16.4. The SMILES string of the molecule is CC[C@@H](/C=C/C(=O)N1CCc2ccccc21)NC(=O)[C@@H]1CCN1.O=C(O)C(F)(F)F. The second kappa shape index (κ2) is 10.2. The van der Waals surface area contributed by atoms with Gasteiger partial charge in [-0.2, -0.15) is 13.2 Å². The van der Waals surface area contributed by atoms with Crippen molar-refractivity contribution >= 4 is 23.5 Å². The summed E-state index contributed by atoms with van der Waals surface area (Å²) in [5.74, 6) is -2.76. The van der Waals surface area contributed by atoms with Gasteiger partial charge in [0, 0.05) is 24.4 Å². The summed E-state index contributed by atoms with van der Waals surface area (Å²) < 4.78 is 31.7. The molecular weight excluding hydrogens is 403 g/mol. The van der Waals surface area contributed by atoms with Crippen molar-refractivity contribution in [3.8, 4) is 0 Å². The summed E-state index contributed by atoms with van der Waals surface area (Å²) >= 11 is 0. The van der Waals surface area contributed by atoms with Crippen LogP contribution in [0.2, 0.25) is 0 Å². The third-order valence-electron chi connectivity index (χ3n) is 4.77. The minimum Gasteiger partial charge on any atom is -0.475 e. The van der Waals surface area contributed by atoms with Crippen molar-refractivity contribution in [3.05, 3.63) is 42.0 Å². The highest BCUT2D eigenvalue weighted by molar-refractivity contribution is 6.03. The number of carboxylic acid groups (broad SMARTS) is 1. The lowest BCUT2D eigenvalue weighted by molar-refractivity contribution is -0.192. The van der Waals surface area contributed by atoms with E-state index in [0.717, 1.165) is 38.0 Å². The summed E-state index contributed by atoms with van der Waals surface area (Å²) in [7, 11) is 0. The number of carbonyl (C=O) groups is 3. The molecule has 0 aliphatic carbocycles. The number of hydrogen-bond donors (Lipinski definition) is 3. The van der Waals surface area contributed by atoms with E-state index in [4.69, 9.17) is 9.90 Å². The molecule has 0 unspecified atom stereocenters. The lowest BCUT2D eigenvalue weighted by Crippen LogP contribution is -2.54. The lowest BCUT2D eigenvalue weighted by Gasteiger charge is -2.27. The van der Waals surface area contributed by atoms with Crippen LogP contribution in [0.5, 0.6) is 0 Å². The van der Waals surface area contributed by atoms with Crippen LogP contribution in [0.3, 0.4) is 0 Å². The summed E-state index contributed by atoms with van der Waals surface area (Å²) in [4.78, 5) is 35.1. The highest BCUT2D eigenvalue weighted by Crippen LogP contribution is 2.27. The van der Waals surface area contributed by atoms with Crippen LogP contribution in [0, 0.1) is 0 Å². The number of hydrogen-bond acceptors (Lipinski definition) is 4. The van der Waals surface area contributed by atoms with Gasteiger partial charge >= 0.3 is 12.1 Å². The fourth-order valence-corrected chi connectivity index (χ4v) is 2.94. The fourth-order valence-electron chi connectivity index (χ4n) is 2.94. The van der Waals surface area contributed by atoms with E-state index < -0.39 is 12.1 Å². The first-order chi connectivity index (χ1) is 14.1. The molecule has 2 aliphatic heterocycles. The molecule has 3 rings (SSSR count). The lowest BCUT2D eigenvalue weighted by atomic mass is 10.1. The monoisotopic (exact) mass is 427 g/mol. The average Bonchev–Trinajstić information content (AvgIpc) is 3.07. The van der Waals surface area contributed by atoms with E-state index >= 15 is 0 Å². The Bertz CT molecular complexity index is 807. The Kier molecular flexibility index (Phi) is 7.99. The molecule has 164 valence electrons. The van der Waals surface area contributed by atoms with E-state index in [0.29, 0.717) is 0 Å². The molecule has 2 heterocycles. The number of carbonyl (C=O) groups excluding carboxylic acids is 2. The van der Waals surface area contributed by atoms with Crippen molar-refractivity contribution in [2.24, 2.45) is 0 Å². The molecule has 0 bridgehead atoms. The summed E-state index contributed by atoms with van der Waals surface area (Å²) in [6.07, 6.45) is 0.857. The maximum absolute atomic E-state index is 12.4. The van der Waals surface area contributed by atoms with Gasteiger partial charge in [-0.3, -0.25) is 9.59 Å². The molecular formula is C20H24F3N3O4. The van der Waals surface area contributed by atoms with Gasteiger partial charge in [-0.05, 0) is 37.4 Å². The van der Waals surface area contributed by atoms with Crippen LogP contribution in [0.1, 0.15) is 25.3 Å². The van der Waals surface area contributed by atoms with Gasteiger partial charge in [0.15, 0.2) is 0 Å². The van der Waals surface area contributed by atoms with Crippen molar-refractivity contribution in [3.63, 3.8) is 0 Å². The highest BCUT2D eigenvalue weighted by Gasteiger charge is 2.38. The van der Waals surface area contributed by atoms with Gasteiger partial charge in [0.1, 0.15) is 0 Å². The maximum atomic E-state index is 12.4. The Morgan fingerprint density at radius 3 is 2.50 bits per heavy atom. The van der Waals surface area contributed by atoms with Gasteiger partial charge in [0.25, 0.3) is 5.91 Å². The van der Waals surface area contributed by atoms with Crippen LogP contribution in [0.15, 0.2) is 36.4 Å². The molecule has 0 radical (unpaired) electrons. The molecule has 1 aromatic carbocycles. The van der Waals surface area contributed by atoms with Gasteiger partial charge in [-0.25, -0.2) is 4.79 Å². The largest absolute Gasteiger partial charge is 0.490 e. The van der Waals surface area contributed by atoms with E-state index in [1.165, 1.54) is 5.56 Å². The summed E-state index contributed by atoms with van der Waals surface area (Å²) in [6, 6.07) is 7.82. The van der Waals surface area contributed by atoms with Gasteiger partial charge in [-0.1, -0.05) is 31.2 Å². The molecule has 0 aromatic heterocycles. The number of carboxylic acids is 1. The minimum absolute atomic E-state index is 0.0201. The molecule has 30 heavy (non-hydrogen) atoms. The predicted molar refractivity (Wildman–Crippen MR) is 104 cm³/mol. The Morgan fingerprint density at radius 1 is 1.33 bits per heavy atom. The molecule has 2 atom stereocenters. The highest BCUT2D eigenvalue weighted by atomic mass is 19.4. The van der Waals surface area contributed by atoms with Crippen LogP contribution in [0.25, 0.3) is 0 Å². The molecule has 3 N–H and O–H groups in total. The Balaban J connectivity index is 0.000000396. The van der Waals surface area contributed by atoms with Crippen LogP contribution in [0.4, 0.5) is 18.9 Å². The molecule has 2 amide bonds. The summed E-state index contributed by atoms with van der Waals surface area (Å²) in [6.45, 7) is 3.62. The molecule has 0 saturated carbocycles. The Morgan fingerprint density at radius 2 is 1.97 bits per heavy atom. The molecule has 2 aliphatic rings. The van der Waals surface area contributed by atoms with E-state index in [-0.39, 0.29) is 23.9 Å². The van der Waals surface area contributed by atoms with E-state index in [9.17, 15) is 22.8 Å². The number of fused-ring (bicyclic) bond motifs is 1. The van der Waals surface area contributed by atoms with E-state index in [1.807, 2.05) is 25.1 Å². The number of halogens is 3. The first kappa shape index (κ1) is 23.4. The van der Waals surface area contributed by atoms with E-state index in [2.05, 4.69) is 16.7 Å². The van der Waals surface area contributed by atoms with Crippen LogP contribution in [-0.2, 0) is 20.8 Å². The second-order valence-electron chi connectivity index (χ2n) is 6.85. The second-order valence-corrected chi connectivity index (χ2v) is 6.85. The fraction of sp³-hybridized carbons (Fsp3) is 0.450. The van der Waals surface area contributed by atoms with Gasteiger partial charge < -0.3 is 20.6 Å². The standard InChI is InChI=1S/C18H23N3O2.C2HF3O2/c1-2-14(20-18(23)15-9-11-19-15)7-8-17(22)21-12-10-13-5-3-4-6-16(13)21;3-2(4,5)1(6)7/h3-8,14-15,19H,2,9-12H2,1H3,(H,20,23);(H,6,7)/b8-7+;/t14-,15-;/m0./s1. The molecule has 1 saturated heterocycles.